The van der Waals surface area contributed by atoms with Crippen LogP contribution in [-0.2, 0) is 9.47 Å². The van der Waals surface area contributed by atoms with Gasteiger partial charge in [-0.15, -0.1) is 0 Å². The van der Waals surface area contributed by atoms with Gasteiger partial charge in [-0.05, 0) is 0 Å². The minimum Gasteiger partial charge on any atom is -0.317 e. The predicted molar refractivity (Wildman–Crippen MR) is 57.5 cm³/mol. The molecule has 0 aromatic rings. The first-order chi connectivity index (χ1) is 10.9. The van der Waals surface area contributed by atoms with Gasteiger partial charge in [0.15, 0.2) is 5.50 Å². The summed E-state index contributed by atoms with van der Waals surface area (Å²) in [7, 11) is -0.0997. The highest BCUT2D eigenvalue weighted by atomic mass is 35.5. The van der Waals surface area contributed by atoms with Gasteiger partial charge in [-0.2, -0.15) is 48.8 Å². The fraction of sp³-hybridized carbons (Fsp3) is 0.889. The largest absolute Gasteiger partial charge is 0.440 e. The molecule has 1 aliphatic heterocycles. The number of carbonyl (C=O) groups excluding carboxylic acids is 1. The third-order valence-corrected chi connectivity index (χ3v) is 3.46. The van der Waals surface area contributed by atoms with Crippen molar-refractivity contribution in [3.63, 3.8) is 0 Å². The van der Waals surface area contributed by atoms with Crippen LogP contribution in [0, 0.1) is 0 Å². The number of alkyl halides is 11. The van der Waals surface area contributed by atoms with Crippen LogP contribution in [0.2, 0.25) is 0 Å². The lowest BCUT2D eigenvalue weighted by atomic mass is 10.4. The molecule has 0 aliphatic carbocycles. The molecule has 2 amide bonds. The topological polar surface area (TPSA) is 42.0 Å². The Labute approximate surface area is 137 Å². The molecule has 1 atom stereocenters. The van der Waals surface area contributed by atoms with Crippen molar-refractivity contribution >= 4 is 17.6 Å². The number of ether oxygens (including phenoxy) is 2. The Morgan fingerprint density at radius 3 is 1.64 bits per heavy atom. The van der Waals surface area contributed by atoms with E-state index in [1.54, 1.807) is 0 Å². The third kappa shape index (κ3) is 2.85. The monoisotopic (exact) mass is 416 g/mol. The van der Waals surface area contributed by atoms with Gasteiger partial charge in [-0.1, -0.05) is 11.6 Å². The highest BCUT2D eigenvalue weighted by Gasteiger charge is 2.80. The van der Waals surface area contributed by atoms with Crippen LogP contribution in [0.25, 0.3) is 0 Å². The fourth-order valence-electron chi connectivity index (χ4n) is 1.68. The number of rotatable bonds is 6. The van der Waals surface area contributed by atoms with Crippen molar-refractivity contribution in [2.75, 3.05) is 14.2 Å². The summed E-state index contributed by atoms with van der Waals surface area (Å²) in [5.74, 6) is 0. The minimum absolute atomic E-state index is 0.0265. The number of hydrogen-bond acceptors (Lipinski definition) is 3. The summed E-state index contributed by atoms with van der Waals surface area (Å²) in [4.78, 5) is 7.25. The van der Waals surface area contributed by atoms with Crippen LogP contribution in [-0.4, -0.2) is 65.9 Å². The first-order valence-electron chi connectivity index (χ1n) is 5.70. The molecule has 0 spiro atoms. The zero-order chi connectivity index (χ0) is 20.2. The molecule has 25 heavy (non-hydrogen) atoms. The van der Waals surface area contributed by atoms with Gasteiger partial charge in [-0.3, -0.25) is 0 Å². The van der Waals surface area contributed by atoms with Crippen molar-refractivity contribution in [3.05, 3.63) is 0 Å². The first-order valence-corrected chi connectivity index (χ1v) is 6.14. The van der Waals surface area contributed by atoms with E-state index in [0.29, 0.717) is 0 Å². The lowest BCUT2D eigenvalue weighted by Gasteiger charge is -2.34. The molecule has 16 heteroatoms. The minimum atomic E-state index is -6.23. The molecule has 0 aromatic carbocycles. The Hall–Kier alpha value is -1.22. The van der Waals surface area contributed by atoms with E-state index in [1.807, 2.05) is 0 Å². The number of nitrogens with zero attached hydrogens (tertiary/aromatic N) is 2. The number of methoxy groups -OCH3 is 2. The van der Waals surface area contributed by atoms with E-state index in [0.717, 1.165) is 0 Å². The smallest absolute Gasteiger partial charge is 0.317 e. The van der Waals surface area contributed by atoms with Crippen molar-refractivity contribution in [1.82, 2.24) is 9.80 Å². The van der Waals surface area contributed by atoms with Crippen molar-refractivity contribution in [2.45, 2.75) is 35.9 Å². The standard InChI is InChI=1S/C9H7ClF10N2O3/c1-24-8(17,18)6(13,14)21-3(10)5(11,12)22(4(21)23)7(15,16)9(19,20)25-2/h3H,1-2H3. The van der Waals surface area contributed by atoms with Crippen LogP contribution in [0.5, 0.6) is 0 Å². The number of urea groups is 1. The average Bonchev–Trinajstić information content (AvgIpc) is 2.64. The van der Waals surface area contributed by atoms with Gasteiger partial charge in [0.05, 0.1) is 0 Å². The maximum absolute atomic E-state index is 13.7. The highest BCUT2D eigenvalue weighted by Crippen LogP contribution is 2.53. The normalized spacial score (nSPS) is 22.8. The van der Waals surface area contributed by atoms with Crippen molar-refractivity contribution in [3.8, 4) is 0 Å². The van der Waals surface area contributed by atoms with Crippen LogP contribution in [0.3, 0.4) is 0 Å². The molecule has 5 nitrogen and oxygen atoms in total. The van der Waals surface area contributed by atoms with E-state index < -0.39 is 51.7 Å². The van der Waals surface area contributed by atoms with Gasteiger partial charge in [0.25, 0.3) is 0 Å². The molecule has 0 saturated carbocycles. The molecule has 1 unspecified atom stereocenters. The van der Waals surface area contributed by atoms with E-state index in [9.17, 15) is 48.7 Å². The van der Waals surface area contributed by atoms with Gasteiger partial charge in [0.2, 0.25) is 0 Å². The van der Waals surface area contributed by atoms with Crippen molar-refractivity contribution in [1.29, 1.82) is 0 Å². The summed E-state index contributed by atoms with van der Waals surface area (Å²) in [6.45, 7) is 0. The molecule has 0 aromatic heterocycles. The number of carbonyl (C=O) groups is 1. The summed E-state index contributed by atoms with van der Waals surface area (Å²) >= 11 is 4.73. The van der Waals surface area contributed by atoms with Crippen molar-refractivity contribution < 1.29 is 58.2 Å². The van der Waals surface area contributed by atoms with Crippen LogP contribution in [0.1, 0.15) is 0 Å². The maximum atomic E-state index is 13.7. The molecular formula is C9H7ClF10N2O3. The Kier molecular flexibility index (Phi) is 5.15. The lowest BCUT2D eigenvalue weighted by Crippen LogP contribution is -2.62. The lowest BCUT2D eigenvalue weighted by molar-refractivity contribution is -0.397. The van der Waals surface area contributed by atoms with E-state index in [1.165, 1.54) is 0 Å². The SMILES string of the molecule is COC(F)(F)C(F)(F)N1C(=O)N(C(F)(F)C(F)(F)OC)C(F)(F)C1Cl. The molecule has 1 heterocycles. The molecule has 148 valence electrons. The van der Waals surface area contributed by atoms with E-state index >= 15 is 0 Å². The second kappa shape index (κ2) is 5.90. The van der Waals surface area contributed by atoms with Gasteiger partial charge < -0.3 is 9.47 Å². The maximum Gasteiger partial charge on any atom is 0.440 e. The highest BCUT2D eigenvalue weighted by molar-refractivity contribution is 6.22. The fourth-order valence-corrected chi connectivity index (χ4v) is 1.98. The molecule has 0 radical (unpaired) electrons. The number of amides is 2. The second-order valence-electron chi connectivity index (χ2n) is 4.44. The Morgan fingerprint density at radius 2 is 1.28 bits per heavy atom. The van der Waals surface area contributed by atoms with Crippen LogP contribution in [0.4, 0.5) is 48.7 Å². The average molecular weight is 417 g/mol. The predicted octanol–water partition coefficient (Wildman–Crippen LogP) is 3.55. The Morgan fingerprint density at radius 1 is 0.920 bits per heavy atom. The van der Waals surface area contributed by atoms with E-state index in [-0.39, 0.29) is 14.2 Å². The Balaban J connectivity index is 3.52. The zero-order valence-electron chi connectivity index (χ0n) is 11.9. The van der Waals surface area contributed by atoms with Crippen LogP contribution >= 0.6 is 11.6 Å². The van der Waals surface area contributed by atoms with Crippen LogP contribution < -0.4 is 0 Å². The molecular weight excluding hydrogens is 410 g/mol. The van der Waals surface area contributed by atoms with Gasteiger partial charge in [0, 0.05) is 14.2 Å². The first kappa shape index (κ1) is 21.8. The van der Waals surface area contributed by atoms with Crippen LogP contribution in [0.15, 0.2) is 0 Å². The third-order valence-electron chi connectivity index (χ3n) is 3.01. The van der Waals surface area contributed by atoms with Gasteiger partial charge in [0.1, 0.15) is 0 Å². The molecule has 1 fully saturated rings. The second-order valence-corrected chi connectivity index (χ2v) is 4.85. The molecule has 1 aliphatic rings. The number of hydrogen-bond donors (Lipinski definition) is 0. The van der Waals surface area contributed by atoms with Gasteiger partial charge in [-0.25, -0.2) is 9.69 Å². The Bertz CT molecular complexity index is 546. The van der Waals surface area contributed by atoms with E-state index in [2.05, 4.69) is 9.47 Å². The van der Waals surface area contributed by atoms with Crippen molar-refractivity contribution in [2.24, 2.45) is 0 Å². The summed E-state index contributed by atoms with van der Waals surface area (Å²) in [5, 5.41) is 0. The summed E-state index contributed by atoms with van der Waals surface area (Å²) in [6, 6.07) is -21.2. The molecule has 1 rings (SSSR count). The quantitative estimate of drug-likeness (QED) is 0.378. The molecule has 0 N–H and O–H groups in total. The molecule has 0 bridgehead atoms. The zero-order valence-corrected chi connectivity index (χ0v) is 12.6. The summed E-state index contributed by atoms with van der Waals surface area (Å²) < 4.78 is 140. The van der Waals surface area contributed by atoms with E-state index in [4.69, 9.17) is 11.6 Å². The number of halogens is 11. The molecule has 1 saturated heterocycles. The summed E-state index contributed by atoms with van der Waals surface area (Å²) in [5.41, 5.74) is -3.88. The van der Waals surface area contributed by atoms with Gasteiger partial charge >= 0.3 is 36.4 Å². The summed E-state index contributed by atoms with van der Waals surface area (Å²) in [6.07, 6.45) is -11.5.